The molecule has 3 rings (SSSR count). The summed E-state index contributed by atoms with van der Waals surface area (Å²) in [7, 11) is 0. The molecule has 0 unspecified atom stereocenters. The fraction of sp³-hybridized carbons (Fsp3) is 0.350. The van der Waals surface area contributed by atoms with Gasteiger partial charge in [0.2, 0.25) is 0 Å². The van der Waals surface area contributed by atoms with Crippen molar-refractivity contribution in [2.24, 2.45) is 5.92 Å². The molecule has 0 spiro atoms. The van der Waals surface area contributed by atoms with E-state index in [1.54, 1.807) is 6.07 Å². The number of hydrogen-bond donors (Lipinski definition) is 0. The van der Waals surface area contributed by atoms with E-state index in [0.29, 0.717) is 17.4 Å². The Bertz CT molecular complexity index is 691. The third kappa shape index (κ3) is 4.09. The summed E-state index contributed by atoms with van der Waals surface area (Å²) in [5.74, 6) is 1.51. The molecule has 126 valence electrons. The highest BCUT2D eigenvalue weighted by Gasteiger charge is 2.21. The summed E-state index contributed by atoms with van der Waals surface area (Å²) in [6.07, 6.45) is 2.19. The molecular weight excluding hydrogens is 322 g/mol. The molecule has 1 aliphatic heterocycles. The lowest BCUT2D eigenvalue weighted by Crippen LogP contribution is -2.37. The molecule has 0 aromatic heterocycles. The SMILES string of the molecule is CC1CCN(C(=O)c2ccc(COc3ccccc3Cl)cc2)CC1. The molecule has 1 amide bonds. The molecule has 2 aromatic carbocycles. The lowest BCUT2D eigenvalue weighted by Gasteiger charge is -2.30. The summed E-state index contributed by atoms with van der Waals surface area (Å²) in [5.41, 5.74) is 1.75. The molecular formula is C20H22ClNO2. The predicted molar refractivity (Wildman–Crippen MR) is 96.5 cm³/mol. The van der Waals surface area contributed by atoms with E-state index in [2.05, 4.69) is 6.92 Å². The van der Waals surface area contributed by atoms with Crippen molar-refractivity contribution >= 4 is 17.5 Å². The summed E-state index contributed by atoms with van der Waals surface area (Å²) >= 11 is 6.08. The van der Waals surface area contributed by atoms with Crippen LogP contribution in [0.1, 0.15) is 35.7 Å². The lowest BCUT2D eigenvalue weighted by atomic mass is 9.98. The number of carbonyl (C=O) groups is 1. The first-order chi connectivity index (χ1) is 11.6. The summed E-state index contributed by atoms with van der Waals surface area (Å²) in [6.45, 7) is 4.39. The number of para-hydroxylation sites is 1. The van der Waals surface area contributed by atoms with E-state index in [1.807, 2.05) is 47.4 Å². The van der Waals surface area contributed by atoms with Crippen LogP contribution in [0, 0.1) is 5.92 Å². The van der Waals surface area contributed by atoms with Crippen molar-refractivity contribution in [2.75, 3.05) is 13.1 Å². The van der Waals surface area contributed by atoms with Crippen molar-refractivity contribution in [3.8, 4) is 5.75 Å². The summed E-state index contributed by atoms with van der Waals surface area (Å²) < 4.78 is 5.72. The zero-order valence-corrected chi connectivity index (χ0v) is 14.6. The Morgan fingerprint density at radius 1 is 1.12 bits per heavy atom. The van der Waals surface area contributed by atoms with Gasteiger partial charge in [0.1, 0.15) is 12.4 Å². The normalized spacial score (nSPS) is 15.3. The van der Waals surface area contributed by atoms with Crippen molar-refractivity contribution in [1.29, 1.82) is 0 Å². The lowest BCUT2D eigenvalue weighted by molar-refractivity contribution is 0.0697. The molecule has 1 aliphatic rings. The van der Waals surface area contributed by atoms with Gasteiger partial charge in [-0.1, -0.05) is 42.8 Å². The van der Waals surface area contributed by atoms with E-state index in [4.69, 9.17) is 16.3 Å². The highest BCUT2D eigenvalue weighted by Crippen LogP contribution is 2.24. The van der Waals surface area contributed by atoms with Crippen molar-refractivity contribution in [3.63, 3.8) is 0 Å². The van der Waals surface area contributed by atoms with E-state index < -0.39 is 0 Å². The number of hydrogen-bond acceptors (Lipinski definition) is 2. The van der Waals surface area contributed by atoms with Gasteiger partial charge in [-0.05, 0) is 48.6 Å². The minimum absolute atomic E-state index is 0.125. The first-order valence-electron chi connectivity index (χ1n) is 8.39. The Morgan fingerprint density at radius 2 is 1.79 bits per heavy atom. The Hall–Kier alpha value is -2.00. The minimum atomic E-state index is 0.125. The van der Waals surface area contributed by atoms with Crippen LogP contribution in [0.15, 0.2) is 48.5 Å². The van der Waals surface area contributed by atoms with Crippen LogP contribution in [0.4, 0.5) is 0 Å². The zero-order chi connectivity index (χ0) is 16.9. The zero-order valence-electron chi connectivity index (χ0n) is 13.9. The maximum Gasteiger partial charge on any atom is 0.253 e. The average Bonchev–Trinajstić information content (AvgIpc) is 2.62. The highest BCUT2D eigenvalue weighted by atomic mass is 35.5. The third-order valence-corrected chi connectivity index (χ3v) is 4.81. The van der Waals surface area contributed by atoms with E-state index >= 15 is 0 Å². The largest absolute Gasteiger partial charge is 0.487 e. The predicted octanol–water partition coefficient (Wildman–Crippen LogP) is 4.79. The van der Waals surface area contributed by atoms with Gasteiger partial charge < -0.3 is 9.64 Å². The van der Waals surface area contributed by atoms with Crippen LogP contribution in [0.5, 0.6) is 5.75 Å². The number of nitrogens with zero attached hydrogens (tertiary/aromatic N) is 1. The summed E-state index contributed by atoms with van der Waals surface area (Å²) in [5, 5.41) is 0.601. The highest BCUT2D eigenvalue weighted by molar-refractivity contribution is 6.32. The number of amides is 1. The molecule has 0 atom stereocenters. The molecule has 0 aliphatic carbocycles. The van der Waals surface area contributed by atoms with Crippen LogP contribution >= 0.6 is 11.6 Å². The average molecular weight is 344 g/mol. The maximum atomic E-state index is 12.5. The Balaban J connectivity index is 1.59. The van der Waals surface area contributed by atoms with Crippen molar-refractivity contribution in [3.05, 3.63) is 64.7 Å². The fourth-order valence-corrected chi connectivity index (χ4v) is 3.05. The topological polar surface area (TPSA) is 29.5 Å². The quantitative estimate of drug-likeness (QED) is 0.798. The van der Waals surface area contributed by atoms with Crippen LogP contribution in [-0.4, -0.2) is 23.9 Å². The third-order valence-electron chi connectivity index (χ3n) is 4.50. The molecule has 24 heavy (non-hydrogen) atoms. The first kappa shape index (κ1) is 16.8. The van der Waals surface area contributed by atoms with E-state index in [-0.39, 0.29) is 5.91 Å². The molecule has 4 heteroatoms. The summed E-state index contributed by atoms with van der Waals surface area (Å²) in [6, 6.07) is 15.1. The molecule has 1 saturated heterocycles. The number of benzene rings is 2. The van der Waals surface area contributed by atoms with Crippen molar-refractivity contribution in [1.82, 2.24) is 4.90 Å². The smallest absolute Gasteiger partial charge is 0.253 e. The molecule has 1 heterocycles. The number of carbonyl (C=O) groups excluding carboxylic acids is 1. The molecule has 1 fully saturated rings. The number of likely N-dealkylation sites (tertiary alicyclic amines) is 1. The van der Waals surface area contributed by atoms with E-state index in [9.17, 15) is 4.79 Å². The van der Waals surface area contributed by atoms with Crippen LogP contribution in [-0.2, 0) is 6.61 Å². The Kier molecular flexibility index (Phi) is 5.41. The van der Waals surface area contributed by atoms with Gasteiger partial charge in [0.15, 0.2) is 0 Å². The fourth-order valence-electron chi connectivity index (χ4n) is 2.86. The van der Waals surface area contributed by atoms with Crippen molar-refractivity contribution < 1.29 is 9.53 Å². The van der Waals surface area contributed by atoms with Crippen LogP contribution < -0.4 is 4.74 Å². The van der Waals surface area contributed by atoms with Gasteiger partial charge in [0.05, 0.1) is 5.02 Å². The number of rotatable bonds is 4. The van der Waals surface area contributed by atoms with Crippen LogP contribution in [0.2, 0.25) is 5.02 Å². The van der Waals surface area contributed by atoms with Crippen LogP contribution in [0.25, 0.3) is 0 Å². The van der Waals surface area contributed by atoms with Gasteiger partial charge in [-0.25, -0.2) is 0 Å². The van der Waals surface area contributed by atoms with Gasteiger partial charge in [-0.15, -0.1) is 0 Å². The van der Waals surface area contributed by atoms with Gasteiger partial charge in [-0.3, -0.25) is 4.79 Å². The summed E-state index contributed by atoms with van der Waals surface area (Å²) in [4.78, 5) is 14.5. The van der Waals surface area contributed by atoms with E-state index in [1.165, 1.54) is 0 Å². The van der Waals surface area contributed by atoms with Gasteiger partial charge >= 0.3 is 0 Å². The number of halogens is 1. The van der Waals surface area contributed by atoms with Gasteiger partial charge in [0.25, 0.3) is 5.91 Å². The number of piperidine rings is 1. The second-order valence-corrected chi connectivity index (χ2v) is 6.80. The van der Waals surface area contributed by atoms with Gasteiger partial charge in [-0.2, -0.15) is 0 Å². The number of ether oxygens (including phenoxy) is 1. The molecule has 0 bridgehead atoms. The van der Waals surface area contributed by atoms with E-state index in [0.717, 1.165) is 43.0 Å². The molecule has 0 radical (unpaired) electrons. The Morgan fingerprint density at radius 3 is 2.46 bits per heavy atom. The van der Waals surface area contributed by atoms with Gasteiger partial charge in [0, 0.05) is 18.7 Å². The molecule has 2 aromatic rings. The second kappa shape index (κ2) is 7.71. The standard InChI is InChI=1S/C20H22ClNO2/c1-15-10-12-22(13-11-15)20(23)17-8-6-16(7-9-17)14-24-19-5-3-2-4-18(19)21/h2-9,15H,10-14H2,1H3. The minimum Gasteiger partial charge on any atom is -0.487 e. The monoisotopic (exact) mass is 343 g/mol. The second-order valence-electron chi connectivity index (χ2n) is 6.39. The van der Waals surface area contributed by atoms with Crippen molar-refractivity contribution in [2.45, 2.75) is 26.4 Å². The molecule has 0 saturated carbocycles. The maximum absolute atomic E-state index is 12.5. The molecule has 3 nitrogen and oxygen atoms in total. The molecule has 0 N–H and O–H groups in total. The van der Waals surface area contributed by atoms with Crippen LogP contribution in [0.3, 0.4) is 0 Å². The first-order valence-corrected chi connectivity index (χ1v) is 8.77. The Labute approximate surface area is 148 Å².